The molecule has 18 nitrogen and oxygen atoms in total. The zero-order valence-electron chi connectivity index (χ0n) is 36.1. The Hall–Kier alpha value is -6.27. The molecule has 334 valence electrons. The quantitative estimate of drug-likeness (QED) is 0.211. The average Bonchev–Trinajstić information content (AvgIpc) is 3.55. The lowest BCUT2D eigenvalue weighted by atomic mass is 9.88. The fraction of sp³-hybridized carbons (Fsp3) is 0.489. The fourth-order valence-corrected chi connectivity index (χ4v) is 9.55. The van der Waals surface area contributed by atoms with E-state index >= 15 is 0 Å². The van der Waals surface area contributed by atoms with Crippen molar-refractivity contribution in [3.63, 3.8) is 0 Å². The predicted octanol–water partition coefficient (Wildman–Crippen LogP) is 2.22. The summed E-state index contributed by atoms with van der Waals surface area (Å²) in [5.74, 6) is -0.869. The van der Waals surface area contributed by atoms with Gasteiger partial charge in [-0.15, -0.1) is 0 Å². The highest BCUT2D eigenvalue weighted by Gasteiger charge is 2.46. The first-order valence-electron chi connectivity index (χ1n) is 21.4. The van der Waals surface area contributed by atoms with Gasteiger partial charge in [-0.2, -0.15) is 0 Å². The zero-order valence-corrected chi connectivity index (χ0v) is 36.1. The normalized spacial score (nSPS) is 19.7. The molecule has 3 aromatic rings. The second kappa shape index (κ2) is 17.8. The van der Waals surface area contributed by atoms with Crippen molar-refractivity contribution in [2.24, 2.45) is 7.05 Å². The van der Waals surface area contributed by atoms with E-state index in [1.165, 1.54) is 6.07 Å². The van der Waals surface area contributed by atoms with Crippen LogP contribution in [0.4, 0.5) is 4.79 Å². The minimum Gasteiger partial charge on any atom is -0.496 e. The van der Waals surface area contributed by atoms with Crippen molar-refractivity contribution in [3.8, 4) is 28.4 Å². The minimum atomic E-state index is -1.08. The Morgan fingerprint density at radius 2 is 1.65 bits per heavy atom. The number of fused-ring (bicyclic) bond motifs is 2. The smallest absolute Gasteiger partial charge is 0.317 e. The van der Waals surface area contributed by atoms with Gasteiger partial charge in [-0.05, 0) is 67.5 Å². The minimum absolute atomic E-state index is 0.0182. The number of piperidine rings is 2. The van der Waals surface area contributed by atoms with Gasteiger partial charge < -0.3 is 38.6 Å². The first-order chi connectivity index (χ1) is 30.3. The Bertz CT molecular complexity index is 2400. The molecule has 3 fully saturated rings. The molecule has 6 heterocycles. The van der Waals surface area contributed by atoms with Crippen molar-refractivity contribution < 1.29 is 47.7 Å². The molecule has 63 heavy (non-hydrogen) atoms. The number of rotatable bonds is 11. The first-order valence-corrected chi connectivity index (χ1v) is 21.4. The highest BCUT2D eigenvalue weighted by atomic mass is 16.5. The molecule has 2 N–H and O–H groups in total. The number of imide groups is 2. The standard InChI is InChI=1S/C45H53N7O11/c1-46-44(59)50-15-12-28-30(23-48(2)41(56)31(28)25-50)27-21-35(60-3)32(36(22-27)61-4)24-49-16-13-45(14-17-49)26-51(18-20-63-45)38(54)9-6-19-62-34-8-5-7-29-39(34)43(58)52(42(29)57)33-10-11-37(53)47-40(33)55/h5,7-8,21-23,33H,6,9-20,24-26H2,1-4H3,(H,46,59)(H,47,53,55). The maximum atomic E-state index is 13.5. The number of amides is 7. The number of morpholine rings is 1. The maximum absolute atomic E-state index is 13.5. The number of likely N-dealkylation sites (tertiary alicyclic amines) is 1. The SMILES string of the molecule is CNC(=O)N1CCc2c(-c3cc(OC)c(CN4CCC5(CC4)CN(C(=O)CCCOc4cccc6c4C(=O)N(C4CCC(=O)NC4=O)C6=O)CCO5)c(OC)c3)cn(C)c(=O)c2C1. The summed E-state index contributed by atoms with van der Waals surface area (Å²) in [5, 5.41) is 4.85. The lowest BCUT2D eigenvalue weighted by Crippen LogP contribution is -2.57. The molecule has 5 aliphatic heterocycles. The van der Waals surface area contributed by atoms with E-state index in [1.54, 1.807) is 49.9 Å². The van der Waals surface area contributed by atoms with Crippen molar-refractivity contribution in [1.29, 1.82) is 0 Å². The van der Waals surface area contributed by atoms with Crippen LogP contribution in [0.5, 0.6) is 17.2 Å². The third kappa shape index (κ3) is 8.36. The highest BCUT2D eigenvalue weighted by Crippen LogP contribution is 2.40. The van der Waals surface area contributed by atoms with Gasteiger partial charge in [0.25, 0.3) is 17.4 Å². The van der Waals surface area contributed by atoms with Crippen LogP contribution in [0.1, 0.15) is 75.9 Å². The summed E-state index contributed by atoms with van der Waals surface area (Å²) in [6.07, 6.45) is 4.51. The van der Waals surface area contributed by atoms with Gasteiger partial charge in [-0.1, -0.05) is 6.07 Å². The number of pyridine rings is 1. The Balaban J connectivity index is 0.864. The van der Waals surface area contributed by atoms with E-state index < -0.39 is 35.3 Å². The molecule has 2 aromatic carbocycles. The lowest BCUT2D eigenvalue weighted by molar-refractivity contribution is -0.159. The molecule has 0 saturated carbocycles. The Morgan fingerprint density at radius 3 is 2.35 bits per heavy atom. The molecule has 0 bridgehead atoms. The number of carbonyl (C=O) groups is 6. The van der Waals surface area contributed by atoms with Crippen LogP contribution >= 0.6 is 0 Å². The molecule has 0 aliphatic carbocycles. The number of nitrogens with zero attached hydrogens (tertiary/aromatic N) is 5. The van der Waals surface area contributed by atoms with Crippen molar-refractivity contribution >= 4 is 35.6 Å². The zero-order chi connectivity index (χ0) is 44.6. The van der Waals surface area contributed by atoms with Crippen molar-refractivity contribution in [2.75, 3.05) is 67.2 Å². The molecule has 0 radical (unpaired) electrons. The fourth-order valence-electron chi connectivity index (χ4n) is 9.55. The third-order valence-electron chi connectivity index (χ3n) is 13.0. The average molecular weight is 868 g/mol. The van der Waals surface area contributed by atoms with Crippen LogP contribution in [0.25, 0.3) is 11.1 Å². The summed E-state index contributed by atoms with van der Waals surface area (Å²) in [6, 6.07) is 7.38. The molecule has 1 atom stereocenters. The number of aryl methyl sites for hydroxylation is 1. The molecule has 7 amide bonds. The topological polar surface area (TPSA) is 198 Å². The largest absolute Gasteiger partial charge is 0.496 e. The van der Waals surface area contributed by atoms with E-state index in [1.807, 2.05) is 23.2 Å². The van der Waals surface area contributed by atoms with E-state index in [-0.39, 0.29) is 66.8 Å². The van der Waals surface area contributed by atoms with Crippen LogP contribution in [-0.2, 0) is 45.7 Å². The summed E-state index contributed by atoms with van der Waals surface area (Å²) >= 11 is 0. The number of aromatic nitrogens is 1. The van der Waals surface area contributed by atoms with Crippen LogP contribution in [0.15, 0.2) is 41.3 Å². The number of nitrogens with one attached hydrogen (secondary N) is 2. The molecule has 18 heteroatoms. The molecule has 1 unspecified atom stereocenters. The summed E-state index contributed by atoms with van der Waals surface area (Å²) in [6.45, 7) is 4.26. The summed E-state index contributed by atoms with van der Waals surface area (Å²) < 4.78 is 25.8. The van der Waals surface area contributed by atoms with Gasteiger partial charge in [0.15, 0.2) is 0 Å². The third-order valence-corrected chi connectivity index (χ3v) is 13.0. The molecular formula is C45H53N7O11. The van der Waals surface area contributed by atoms with Gasteiger partial charge in [0.2, 0.25) is 17.7 Å². The van der Waals surface area contributed by atoms with Gasteiger partial charge >= 0.3 is 6.03 Å². The molecule has 5 aliphatic rings. The van der Waals surface area contributed by atoms with Crippen LogP contribution in [-0.4, -0.2) is 139 Å². The van der Waals surface area contributed by atoms with Gasteiger partial charge in [0.1, 0.15) is 23.3 Å². The Labute approximate surface area is 364 Å². The summed E-state index contributed by atoms with van der Waals surface area (Å²) in [4.78, 5) is 96.6. The van der Waals surface area contributed by atoms with Crippen LogP contribution in [0, 0.1) is 0 Å². The van der Waals surface area contributed by atoms with Crippen LogP contribution in [0.2, 0.25) is 0 Å². The molecular weight excluding hydrogens is 815 g/mol. The number of benzene rings is 2. The van der Waals surface area contributed by atoms with Crippen molar-refractivity contribution in [1.82, 2.24) is 34.8 Å². The monoisotopic (exact) mass is 867 g/mol. The number of carbonyl (C=O) groups excluding carboxylic acids is 6. The number of hydrogen-bond acceptors (Lipinski definition) is 12. The van der Waals surface area contributed by atoms with Crippen molar-refractivity contribution in [2.45, 2.75) is 69.7 Å². The summed E-state index contributed by atoms with van der Waals surface area (Å²) in [7, 11) is 6.56. The number of urea groups is 1. The van der Waals surface area contributed by atoms with Gasteiger partial charge in [-0.3, -0.25) is 43.9 Å². The second-order valence-electron chi connectivity index (χ2n) is 16.7. The highest BCUT2D eigenvalue weighted by molar-refractivity contribution is 6.24. The van der Waals surface area contributed by atoms with Crippen molar-refractivity contribution in [3.05, 3.63) is 74.7 Å². The molecule has 1 aromatic heterocycles. The predicted molar refractivity (Wildman–Crippen MR) is 226 cm³/mol. The summed E-state index contributed by atoms with van der Waals surface area (Å²) in [5.41, 5.74) is 3.76. The molecule has 3 saturated heterocycles. The van der Waals surface area contributed by atoms with E-state index in [9.17, 15) is 33.6 Å². The molecule has 1 spiro atoms. The Kier molecular flexibility index (Phi) is 12.3. The Morgan fingerprint density at radius 1 is 0.905 bits per heavy atom. The van der Waals surface area contributed by atoms with Gasteiger partial charge in [0.05, 0.1) is 56.3 Å². The molecule has 8 rings (SSSR count). The van der Waals surface area contributed by atoms with E-state index in [2.05, 4.69) is 15.5 Å². The number of ether oxygens (including phenoxy) is 4. The number of hydrogen-bond donors (Lipinski definition) is 2. The second-order valence-corrected chi connectivity index (χ2v) is 16.7. The first kappa shape index (κ1) is 43.4. The van der Waals surface area contributed by atoms with Gasteiger partial charge in [0, 0.05) is 83.5 Å². The van der Waals surface area contributed by atoms with E-state index in [0.717, 1.165) is 53.1 Å². The van der Waals surface area contributed by atoms with E-state index in [4.69, 9.17) is 18.9 Å². The van der Waals surface area contributed by atoms with E-state index in [0.29, 0.717) is 62.7 Å². The number of methoxy groups -OCH3 is 2. The van der Waals surface area contributed by atoms with Gasteiger partial charge in [-0.25, -0.2) is 4.79 Å². The van der Waals surface area contributed by atoms with Crippen LogP contribution < -0.4 is 30.4 Å². The van der Waals surface area contributed by atoms with Crippen LogP contribution in [0.3, 0.4) is 0 Å². The maximum Gasteiger partial charge on any atom is 0.317 e. The lowest BCUT2D eigenvalue weighted by Gasteiger charge is -2.47.